The molecule has 7 nitrogen and oxygen atoms in total. The first-order chi connectivity index (χ1) is 12.8. The fourth-order valence-electron chi connectivity index (χ4n) is 3.42. The molecule has 0 atom stereocenters. The number of ether oxygens (including phenoxy) is 1. The highest BCUT2D eigenvalue weighted by Crippen LogP contribution is 2.22. The van der Waals surface area contributed by atoms with Crippen LogP contribution in [0.3, 0.4) is 0 Å². The van der Waals surface area contributed by atoms with Gasteiger partial charge in [0, 0.05) is 51.0 Å². The van der Waals surface area contributed by atoms with E-state index < -0.39 is 10.0 Å². The summed E-state index contributed by atoms with van der Waals surface area (Å²) in [5.41, 5.74) is 3.44. The van der Waals surface area contributed by atoms with Crippen molar-refractivity contribution in [2.45, 2.75) is 32.2 Å². The van der Waals surface area contributed by atoms with Crippen LogP contribution in [-0.4, -0.2) is 60.2 Å². The SMILES string of the molecule is CCOc1ccc(S(=O)(=O)N2CCN(Cc3c(C)nn(C)c3C)CC2)cc1. The lowest BCUT2D eigenvalue weighted by Gasteiger charge is -2.34. The van der Waals surface area contributed by atoms with E-state index in [-0.39, 0.29) is 0 Å². The molecule has 0 amide bonds. The summed E-state index contributed by atoms with van der Waals surface area (Å²) in [5.74, 6) is 0.684. The van der Waals surface area contributed by atoms with E-state index in [1.54, 1.807) is 28.6 Å². The van der Waals surface area contributed by atoms with Crippen LogP contribution in [0.15, 0.2) is 29.2 Å². The van der Waals surface area contributed by atoms with E-state index in [4.69, 9.17) is 4.74 Å². The number of hydrogen-bond donors (Lipinski definition) is 0. The fraction of sp³-hybridized carbons (Fsp3) is 0.526. The summed E-state index contributed by atoms with van der Waals surface area (Å²) < 4.78 is 34.6. The van der Waals surface area contributed by atoms with Crippen molar-refractivity contribution < 1.29 is 13.2 Å². The van der Waals surface area contributed by atoms with Crippen LogP contribution < -0.4 is 4.74 Å². The predicted octanol–water partition coefficient (Wildman–Crippen LogP) is 1.94. The lowest BCUT2D eigenvalue weighted by atomic mass is 10.1. The zero-order chi connectivity index (χ0) is 19.6. The Balaban J connectivity index is 1.64. The zero-order valence-corrected chi connectivity index (χ0v) is 17.3. The highest BCUT2D eigenvalue weighted by atomic mass is 32.2. The molecule has 2 aromatic rings. The van der Waals surface area contributed by atoms with Crippen molar-refractivity contribution in [3.8, 4) is 5.75 Å². The van der Waals surface area contributed by atoms with Gasteiger partial charge >= 0.3 is 0 Å². The molecule has 0 unspecified atom stereocenters. The maximum atomic E-state index is 12.9. The van der Waals surface area contributed by atoms with Gasteiger partial charge in [-0.25, -0.2) is 8.42 Å². The topological polar surface area (TPSA) is 67.7 Å². The van der Waals surface area contributed by atoms with E-state index >= 15 is 0 Å². The average Bonchev–Trinajstić information content (AvgIpc) is 2.89. The molecule has 1 saturated heterocycles. The van der Waals surface area contributed by atoms with Crippen LogP contribution in [0.5, 0.6) is 5.75 Å². The van der Waals surface area contributed by atoms with Crippen molar-refractivity contribution in [2.24, 2.45) is 7.05 Å². The van der Waals surface area contributed by atoms with Crippen LogP contribution in [0.2, 0.25) is 0 Å². The van der Waals surface area contributed by atoms with E-state index in [2.05, 4.69) is 16.9 Å². The zero-order valence-electron chi connectivity index (χ0n) is 16.5. The number of aromatic nitrogens is 2. The molecule has 1 fully saturated rings. The molecule has 2 heterocycles. The van der Waals surface area contributed by atoms with Crippen LogP contribution in [0.25, 0.3) is 0 Å². The number of rotatable bonds is 6. The quantitative estimate of drug-likeness (QED) is 0.752. The minimum absolute atomic E-state index is 0.318. The standard InChI is InChI=1S/C19H28N4O3S/c1-5-26-17-6-8-18(9-7-17)27(24,25)23-12-10-22(11-13-23)14-19-15(2)20-21(4)16(19)3/h6-9H,5,10-14H2,1-4H3. The molecule has 0 spiro atoms. The van der Waals surface area contributed by atoms with Gasteiger partial charge in [-0.05, 0) is 45.0 Å². The van der Waals surface area contributed by atoms with Crippen LogP contribution >= 0.6 is 0 Å². The molecule has 0 saturated carbocycles. The lowest BCUT2D eigenvalue weighted by Crippen LogP contribution is -2.48. The molecular weight excluding hydrogens is 364 g/mol. The van der Waals surface area contributed by atoms with Crippen molar-refractivity contribution in [3.05, 3.63) is 41.2 Å². The summed E-state index contributed by atoms with van der Waals surface area (Å²) in [5, 5.41) is 4.46. The van der Waals surface area contributed by atoms with E-state index in [1.807, 2.05) is 25.6 Å². The summed E-state index contributed by atoms with van der Waals surface area (Å²) in [4.78, 5) is 2.61. The number of aryl methyl sites for hydroxylation is 2. The van der Waals surface area contributed by atoms with E-state index in [0.29, 0.717) is 43.4 Å². The highest BCUT2D eigenvalue weighted by molar-refractivity contribution is 7.89. The van der Waals surface area contributed by atoms with Gasteiger partial charge in [0.2, 0.25) is 10.0 Å². The second-order valence-corrected chi connectivity index (χ2v) is 8.80. The number of hydrogen-bond acceptors (Lipinski definition) is 5. The minimum Gasteiger partial charge on any atom is -0.494 e. The van der Waals surface area contributed by atoms with Gasteiger partial charge in [-0.3, -0.25) is 9.58 Å². The third-order valence-corrected chi connectivity index (χ3v) is 7.06. The largest absolute Gasteiger partial charge is 0.494 e. The van der Waals surface area contributed by atoms with Crippen LogP contribution in [-0.2, 0) is 23.6 Å². The van der Waals surface area contributed by atoms with Gasteiger partial charge in [-0.15, -0.1) is 0 Å². The Bertz CT molecular complexity index is 882. The van der Waals surface area contributed by atoms with Gasteiger partial charge in [-0.1, -0.05) is 0 Å². The minimum atomic E-state index is -3.47. The van der Waals surface area contributed by atoms with E-state index in [9.17, 15) is 8.42 Å². The average molecular weight is 393 g/mol. The first kappa shape index (κ1) is 19.9. The Kier molecular flexibility index (Phi) is 5.88. The summed E-state index contributed by atoms with van der Waals surface area (Å²) in [7, 11) is -1.52. The maximum absolute atomic E-state index is 12.9. The van der Waals surface area contributed by atoms with Crippen molar-refractivity contribution >= 4 is 10.0 Å². The number of nitrogens with zero attached hydrogens (tertiary/aromatic N) is 4. The van der Waals surface area contributed by atoms with E-state index in [1.165, 1.54) is 5.56 Å². The molecule has 1 aliphatic heterocycles. The Hall–Kier alpha value is -1.90. The summed E-state index contributed by atoms with van der Waals surface area (Å²) in [6, 6.07) is 6.66. The smallest absolute Gasteiger partial charge is 0.243 e. The normalized spacial score (nSPS) is 16.6. The maximum Gasteiger partial charge on any atom is 0.243 e. The van der Waals surface area contributed by atoms with Crippen LogP contribution in [0, 0.1) is 13.8 Å². The van der Waals surface area contributed by atoms with Gasteiger partial charge in [0.15, 0.2) is 0 Å². The predicted molar refractivity (Wildman–Crippen MR) is 104 cm³/mol. The van der Waals surface area contributed by atoms with Crippen molar-refractivity contribution in [1.82, 2.24) is 19.0 Å². The summed E-state index contributed by atoms with van der Waals surface area (Å²) in [6.07, 6.45) is 0. The van der Waals surface area contributed by atoms with Gasteiger partial charge in [0.1, 0.15) is 5.75 Å². The number of sulfonamides is 1. The molecule has 0 bridgehead atoms. The first-order valence-corrected chi connectivity index (χ1v) is 10.7. The molecule has 1 aliphatic rings. The van der Waals surface area contributed by atoms with Crippen molar-refractivity contribution in [2.75, 3.05) is 32.8 Å². The van der Waals surface area contributed by atoms with Gasteiger partial charge in [0.05, 0.1) is 17.2 Å². The summed E-state index contributed by atoms with van der Waals surface area (Å²) >= 11 is 0. The monoisotopic (exact) mass is 392 g/mol. The second kappa shape index (κ2) is 8.00. The number of benzene rings is 1. The molecule has 0 aliphatic carbocycles. The first-order valence-electron chi connectivity index (χ1n) is 9.27. The third-order valence-electron chi connectivity index (χ3n) is 5.14. The molecule has 1 aromatic heterocycles. The van der Waals surface area contributed by atoms with Crippen molar-refractivity contribution in [3.63, 3.8) is 0 Å². The molecule has 0 radical (unpaired) electrons. The Morgan fingerprint density at radius 2 is 1.70 bits per heavy atom. The molecule has 0 N–H and O–H groups in total. The number of piperazine rings is 1. The lowest BCUT2D eigenvalue weighted by molar-refractivity contribution is 0.181. The molecule has 148 valence electrons. The molecule has 27 heavy (non-hydrogen) atoms. The fourth-order valence-corrected chi connectivity index (χ4v) is 4.84. The molecular formula is C19H28N4O3S. The second-order valence-electron chi connectivity index (χ2n) is 6.86. The third kappa shape index (κ3) is 4.17. The molecule has 8 heteroatoms. The van der Waals surface area contributed by atoms with Gasteiger partial charge < -0.3 is 4.74 Å². The van der Waals surface area contributed by atoms with Crippen LogP contribution in [0.4, 0.5) is 0 Å². The molecule has 1 aromatic carbocycles. The Morgan fingerprint density at radius 3 is 2.22 bits per heavy atom. The Labute approximate surface area is 161 Å². The molecule has 3 rings (SSSR count). The van der Waals surface area contributed by atoms with Crippen LogP contribution in [0.1, 0.15) is 23.9 Å². The van der Waals surface area contributed by atoms with Crippen molar-refractivity contribution in [1.29, 1.82) is 0 Å². The van der Waals surface area contributed by atoms with Gasteiger partial charge in [-0.2, -0.15) is 9.40 Å². The van der Waals surface area contributed by atoms with E-state index in [0.717, 1.165) is 17.9 Å². The highest BCUT2D eigenvalue weighted by Gasteiger charge is 2.29. The Morgan fingerprint density at radius 1 is 1.07 bits per heavy atom. The van der Waals surface area contributed by atoms with Gasteiger partial charge in [0.25, 0.3) is 0 Å². The summed E-state index contributed by atoms with van der Waals surface area (Å²) in [6.45, 7) is 9.78.